The molecule has 0 aromatic carbocycles. The SMILES string of the molecule is CC(C)SP([O-])[O-].[Ca+2]. The van der Waals surface area contributed by atoms with E-state index >= 15 is 0 Å². The first-order chi connectivity index (χ1) is 3.13. The topological polar surface area (TPSA) is 46.1 Å². The molecule has 0 aliphatic carbocycles. The van der Waals surface area contributed by atoms with E-state index in [2.05, 4.69) is 0 Å². The molecular formula is C3H7CaO2PS. The monoisotopic (exact) mass is 178 g/mol. The quantitative estimate of drug-likeness (QED) is 0.430. The molecule has 2 nitrogen and oxygen atoms in total. The Labute approximate surface area is 84.7 Å². The first-order valence-corrected chi connectivity index (χ1v) is 4.60. The summed E-state index contributed by atoms with van der Waals surface area (Å²) in [5.41, 5.74) is 0. The molecular weight excluding hydrogens is 171 g/mol. The van der Waals surface area contributed by atoms with Gasteiger partial charge in [-0.2, -0.15) is 11.4 Å². The summed E-state index contributed by atoms with van der Waals surface area (Å²) in [6.07, 6.45) is 0. The molecule has 0 heterocycles. The van der Waals surface area contributed by atoms with E-state index in [0.29, 0.717) is 0 Å². The van der Waals surface area contributed by atoms with Crippen LogP contribution in [0.5, 0.6) is 0 Å². The third kappa shape index (κ3) is 10.9. The fourth-order valence-corrected chi connectivity index (χ4v) is 1.55. The van der Waals surface area contributed by atoms with Gasteiger partial charge in [0.1, 0.15) is 0 Å². The van der Waals surface area contributed by atoms with Crippen LogP contribution in [0, 0.1) is 0 Å². The van der Waals surface area contributed by atoms with E-state index in [-0.39, 0.29) is 43.0 Å². The predicted octanol–water partition coefficient (Wildman–Crippen LogP) is -0.305. The molecule has 8 heavy (non-hydrogen) atoms. The second-order valence-electron chi connectivity index (χ2n) is 1.38. The van der Waals surface area contributed by atoms with Crippen LogP contribution in [0.25, 0.3) is 0 Å². The van der Waals surface area contributed by atoms with Crippen LogP contribution in [0.4, 0.5) is 0 Å². The van der Waals surface area contributed by atoms with Crippen LogP contribution in [0.2, 0.25) is 0 Å². The van der Waals surface area contributed by atoms with Crippen LogP contribution in [0.1, 0.15) is 13.8 Å². The van der Waals surface area contributed by atoms with Gasteiger partial charge in [-0.3, -0.25) is 0 Å². The van der Waals surface area contributed by atoms with Gasteiger partial charge in [-0.1, -0.05) is 13.8 Å². The Morgan fingerprint density at radius 1 is 1.38 bits per heavy atom. The van der Waals surface area contributed by atoms with E-state index in [1.807, 2.05) is 13.8 Å². The maximum atomic E-state index is 9.81. The van der Waals surface area contributed by atoms with Crippen molar-refractivity contribution in [2.75, 3.05) is 0 Å². The Morgan fingerprint density at radius 3 is 1.75 bits per heavy atom. The average molecular weight is 178 g/mol. The minimum atomic E-state index is -2.22. The molecule has 0 spiro atoms. The summed E-state index contributed by atoms with van der Waals surface area (Å²) in [7, 11) is -2.22. The molecule has 0 aliphatic rings. The molecule has 0 aromatic rings. The molecule has 0 rings (SSSR count). The summed E-state index contributed by atoms with van der Waals surface area (Å²) in [6, 6.07) is 0. The molecule has 0 bridgehead atoms. The Bertz CT molecular complexity index is 46.5. The van der Waals surface area contributed by atoms with Gasteiger partial charge in [0.15, 0.2) is 0 Å². The summed E-state index contributed by atoms with van der Waals surface area (Å²) in [4.78, 5) is 19.6. The minimum absolute atomic E-state index is 0. The fourth-order valence-electron chi connectivity index (χ4n) is 0.172. The molecule has 0 fully saturated rings. The Morgan fingerprint density at radius 2 is 1.75 bits per heavy atom. The molecule has 0 atom stereocenters. The largest absolute Gasteiger partial charge is 2.00 e. The van der Waals surface area contributed by atoms with Crippen molar-refractivity contribution in [3.8, 4) is 0 Å². The van der Waals surface area contributed by atoms with Crippen molar-refractivity contribution in [3.63, 3.8) is 0 Å². The second-order valence-corrected chi connectivity index (χ2v) is 4.51. The molecule has 0 amide bonds. The van der Waals surface area contributed by atoms with E-state index in [4.69, 9.17) is 0 Å². The van der Waals surface area contributed by atoms with Gasteiger partial charge < -0.3 is 9.79 Å². The minimum Gasteiger partial charge on any atom is -0.834 e. The first kappa shape index (κ1) is 12.6. The van der Waals surface area contributed by atoms with Crippen molar-refractivity contribution < 1.29 is 9.79 Å². The van der Waals surface area contributed by atoms with Gasteiger partial charge in [0, 0.05) is 5.25 Å². The molecule has 0 saturated heterocycles. The average Bonchev–Trinajstić information content (AvgIpc) is 1.27. The predicted molar refractivity (Wildman–Crippen MR) is 35.4 cm³/mol. The van der Waals surface area contributed by atoms with Crippen LogP contribution in [-0.2, 0) is 0 Å². The maximum absolute atomic E-state index is 9.81. The van der Waals surface area contributed by atoms with Crippen molar-refractivity contribution in [3.05, 3.63) is 0 Å². The van der Waals surface area contributed by atoms with E-state index in [0.717, 1.165) is 11.4 Å². The summed E-state index contributed by atoms with van der Waals surface area (Å²) in [6.45, 7) is 3.69. The molecule has 0 N–H and O–H groups in total. The standard InChI is InChI=1S/C3H7O2PS.Ca/c1-3(2)7-6(4)5;/h3H,1-2H3;/q-2;+2. The smallest absolute Gasteiger partial charge is 0.834 e. The molecule has 0 saturated carbocycles. The van der Waals surface area contributed by atoms with Crippen LogP contribution in [0.15, 0.2) is 0 Å². The van der Waals surface area contributed by atoms with Crippen LogP contribution in [0.3, 0.4) is 0 Å². The first-order valence-electron chi connectivity index (χ1n) is 1.94. The number of rotatable bonds is 2. The third-order valence-corrected chi connectivity index (χ3v) is 2.67. The van der Waals surface area contributed by atoms with Crippen molar-refractivity contribution >= 4 is 56.7 Å². The zero-order valence-corrected chi connectivity index (χ0v) is 8.88. The summed E-state index contributed by atoms with van der Waals surface area (Å²) >= 11 is 0.963. The van der Waals surface area contributed by atoms with Crippen molar-refractivity contribution in [1.82, 2.24) is 0 Å². The van der Waals surface area contributed by atoms with Gasteiger partial charge >= 0.3 is 37.7 Å². The van der Waals surface area contributed by atoms with Gasteiger partial charge in [0.25, 0.3) is 0 Å². The van der Waals surface area contributed by atoms with E-state index in [1.165, 1.54) is 0 Å². The Kier molecular flexibility index (Phi) is 11.2. The summed E-state index contributed by atoms with van der Waals surface area (Å²) in [5, 5.41) is 0.195. The van der Waals surface area contributed by atoms with Crippen molar-refractivity contribution in [2.45, 2.75) is 19.1 Å². The molecule has 0 unspecified atom stereocenters. The Balaban J connectivity index is 0. The van der Waals surface area contributed by atoms with E-state index in [9.17, 15) is 9.79 Å². The Hall–Kier alpha value is 1.96. The summed E-state index contributed by atoms with van der Waals surface area (Å²) < 4.78 is 0. The second kappa shape index (κ2) is 7.07. The van der Waals surface area contributed by atoms with Crippen molar-refractivity contribution in [1.29, 1.82) is 0 Å². The van der Waals surface area contributed by atoms with Crippen LogP contribution >= 0.6 is 19.0 Å². The van der Waals surface area contributed by atoms with Gasteiger partial charge in [-0.25, -0.2) is 7.58 Å². The molecule has 44 valence electrons. The maximum Gasteiger partial charge on any atom is 2.00 e. The van der Waals surface area contributed by atoms with Gasteiger partial charge in [0.05, 0.1) is 0 Å². The summed E-state index contributed by atoms with van der Waals surface area (Å²) in [5.74, 6) is 0. The van der Waals surface area contributed by atoms with E-state index < -0.39 is 7.58 Å². The molecule has 0 aromatic heterocycles. The van der Waals surface area contributed by atoms with Gasteiger partial charge in [-0.05, 0) is 0 Å². The third-order valence-electron chi connectivity index (χ3n) is 0.297. The molecule has 5 heteroatoms. The zero-order chi connectivity index (χ0) is 5.86. The normalized spacial score (nSPS) is 9.75. The van der Waals surface area contributed by atoms with Gasteiger partial charge in [0.2, 0.25) is 0 Å². The van der Waals surface area contributed by atoms with Crippen LogP contribution in [-0.4, -0.2) is 43.0 Å². The van der Waals surface area contributed by atoms with Crippen LogP contribution < -0.4 is 9.79 Å². The number of hydrogen-bond acceptors (Lipinski definition) is 3. The van der Waals surface area contributed by atoms with Crippen molar-refractivity contribution in [2.24, 2.45) is 0 Å². The number of hydrogen-bond donors (Lipinski definition) is 0. The molecule has 0 aliphatic heterocycles. The fraction of sp³-hybridized carbons (Fsp3) is 1.00. The molecule has 0 radical (unpaired) electrons. The van der Waals surface area contributed by atoms with Gasteiger partial charge in [-0.15, -0.1) is 0 Å². The van der Waals surface area contributed by atoms with E-state index in [1.54, 1.807) is 0 Å². The zero-order valence-electron chi connectivity index (χ0n) is 4.96.